The molecule has 0 heterocycles. The normalized spacial score (nSPS) is 10.0. The second-order valence-corrected chi connectivity index (χ2v) is 3.09. The first-order chi connectivity index (χ1) is 7.26. The van der Waals surface area contributed by atoms with Crippen molar-refractivity contribution in [3.63, 3.8) is 0 Å². The Balaban J connectivity index is 2.53. The third kappa shape index (κ3) is 3.95. The van der Waals surface area contributed by atoms with Gasteiger partial charge in [0.15, 0.2) is 5.11 Å². The first kappa shape index (κ1) is 11.5. The predicted octanol–water partition coefficient (Wildman–Crippen LogP) is 1.99. The summed E-state index contributed by atoms with van der Waals surface area (Å²) in [4.78, 5) is 0. The van der Waals surface area contributed by atoms with Crippen LogP contribution in [0, 0.1) is 0 Å². The average molecular weight is 223 g/mol. The van der Waals surface area contributed by atoms with Gasteiger partial charge >= 0.3 is 0 Å². The maximum Gasteiger partial charge on any atom is 0.191 e. The number of nitrogens with one attached hydrogen (secondary N) is 2. The van der Waals surface area contributed by atoms with E-state index in [2.05, 4.69) is 15.8 Å². The maximum absolute atomic E-state index is 5.04. The highest BCUT2D eigenvalue weighted by Gasteiger charge is 1.96. The Hall–Kier alpha value is -1.62. The van der Waals surface area contributed by atoms with E-state index in [0.717, 1.165) is 11.4 Å². The second kappa shape index (κ2) is 5.98. The largest absolute Gasteiger partial charge is 0.497 e. The topological polar surface area (TPSA) is 45.7 Å². The fraction of sp³-hybridized carbons (Fsp3) is 0.200. The third-order valence-electron chi connectivity index (χ3n) is 1.64. The van der Waals surface area contributed by atoms with Crippen LogP contribution >= 0.6 is 12.2 Å². The zero-order valence-corrected chi connectivity index (χ0v) is 9.47. The summed E-state index contributed by atoms with van der Waals surface area (Å²) < 4.78 is 5.04. The van der Waals surface area contributed by atoms with Crippen molar-refractivity contribution in [2.45, 2.75) is 6.92 Å². The lowest BCUT2D eigenvalue weighted by molar-refractivity contribution is 0.415. The summed E-state index contributed by atoms with van der Waals surface area (Å²) in [6.07, 6.45) is 1.63. The number of thiocarbonyl (C=S) groups is 1. The van der Waals surface area contributed by atoms with Gasteiger partial charge < -0.3 is 10.1 Å². The van der Waals surface area contributed by atoms with Crippen LogP contribution in [-0.2, 0) is 0 Å². The smallest absolute Gasteiger partial charge is 0.191 e. The van der Waals surface area contributed by atoms with Gasteiger partial charge in [0, 0.05) is 11.9 Å². The monoisotopic (exact) mass is 223 g/mol. The van der Waals surface area contributed by atoms with E-state index in [4.69, 9.17) is 17.0 Å². The van der Waals surface area contributed by atoms with Gasteiger partial charge in [-0.25, -0.2) is 0 Å². The zero-order chi connectivity index (χ0) is 11.1. The highest BCUT2D eigenvalue weighted by Crippen LogP contribution is 2.14. The maximum atomic E-state index is 5.04. The zero-order valence-electron chi connectivity index (χ0n) is 8.65. The van der Waals surface area contributed by atoms with Crippen molar-refractivity contribution in [1.82, 2.24) is 5.43 Å². The van der Waals surface area contributed by atoms with Gasteiger partial charge in [-0.1, -0.05) is 0 Å². The number of hydrazone groups is 1. The van der Waals surface area contributed by atoms with Gasteiger partial charge in [-0.05, 0) is 43.4 Å². The molecule has 0 saturated heterocycles. The molecule has 0 radical (unpaired) electrons. The van der Waals surface area contributed by atoms with Gasteiger partial charge in [0.25, 0.3) is 0 Å². The minimum atomic E-state index is 0.457. The van der Waals surface area contributed by atoms with Crippen LogP contribution in [0.15, 0.2) is 29.4 Å². The van der Waals surface area contributed by atoms with Crippen molar-refractivity contribution in [2.75, 3.05) is 12.4 Å². The summed E-state index contributed by atoms with van der Waals surface area (Å²) in [6.45, 7) is 1.81. The lowest BCUT2D eigenvalue weighted by atomic mass is 10.3. The van der Waals surface area contributed by atoms with Crippen LogP contribution in [-0.4, -0.2) is 18.4 Å². The number of methoxy groups -OCH3 is 1. The summed E-state index contributed by atoms with van der Waals surface area (Å²) in [5.74, 6) is 0.811. The van der Waals surface area contributed by atoms with Gasteiger partial charge in [-0.2, -0.15) is 5.10 Å². The molecule has 4 nitrogen and oxygen atoms in total. The molecule has 80 valence electrons. The standard InChI is InChI=1S/C10H13N3OS/c1-3-11-13-10(15)12-8-4-6-9(14-2)7-5-8/h3-7H,1-2H3,(H2,12,13,15). The SMILES string of the molecule is CC=NNC(=S)Nc1ccc(OC)cc1. The Kier molecular flexibility index (Phi) is 4.56. The number of hydrogen-bond donors (Lipinski definition) is 2. The van der Waals surface area contributed by atoms with E-state index in [9.17, 15) is 0 Å². The molecule has 1 aromatic carbocycles. The van der Waals surface area contributed by atoms with Gasteiger partial charge in [0.2, 0.25) is 0 Å². The Morgan fingerprint density at radius 2 is 2.07 bits per heavy atom. The van der Waals surface area contributed by atoms with Gasteiger partial charge in [-0.15, -0.1) is 0 Å². The lowest BCUT2D eigenvalue weighted by Gasteiger charge is -2.07. The van der Waals surface area contributed by atoms with E-state index in [-0.39, 0.29) is 0 Å². The van der Waals surface area contributed by atoms with Crippen molar-refractivity contribution < 1.29 is 4.74 Å². The Morgan fingerprint density at radius 1 is 1.40 bits per heavy atom. The predicted molar refractivity (Wildman–Crippen MR) is 66.5 cm³/mol. The van der Waals surface area contributed by atoms with Crippen molar-refractivity contribution in [1.29, 1.82) is 0 Å². The molecule has 0 fully saturated rings. The molecule has 0 saturated carbocycles. The van der Waals surface area contributed by atoms with E-state index in [1.807, 2.05) is 31.2 Å². The summed E-state index contributed by atoms with van der Waals surface area (Å²) in [5.41, 5.74) is 3.56. The van der Waals surface area contributed by atoms with Gasteiger partial charge in [0.05, 0.1) is 7.11 Å². The molecule has 0 amide bonds. The van der Waals surface area contributed by atoms with Crippen molar-refractivity contribution >= 4 is 29.2 Å². The highest BCUT2D eigenvalue weighted by molar-refractivity contribution is 7.80. The van der Waals surface area contributed by atoms with Crippen molar-refractivity contribution in [2.24, 2.45) is 5.10 Å². The Labute approximate surface area is 94.3 Å². The minimum Gasteiger partial charge on any atom is -0.497 e. The summed E-state index contributed by atoms with van der Waals surface area (Å²) >= 11 is 5.00. The van der Waals surface area contributed by atoms with Crippen molar-refractivity contribution in [3.05, 3.63) is 24.3 Å². The van der Waals surface area contributed by atoms with Crippen LogP contribution in [0.25, 0.3) is 0 Å². The molecular formula is C10H13N3OS. The molecule has 15 heavy (non-hydrogen) atoms. The molecule has 2 N–H and O–H groups in total. The molecule has 1 aromatic rings. The Morgan fingerprint density at radius 3 is 2.60 bits per heavy atom. The molecule has 0 unspecified atom stereocenters. The van der Waals surface area contributed by atoms with Crippen LogP contribution < -0.4 is 15.5 Å². The number of anilines is 1. The van der Waals surface area contributed by atoms with Crippen LogP contribution in [0.1, 0.15) is 6.92 Å². The fourth-order valence-electron chi connectivity index (χ4n) is 0.957. The summed E-state index contributed by atoms with van der Waals surface area (Å²) in [5, 5.41) is 7.23. The molecule has 0 aliphatic rings. The van der Waals surface area contributed by atoms with Gasteiger partial charge in [0.1, 0.15) is 5.75 Å². The number of benzene rings is 1. The van der Waals surface area contributed by atoms with Crippen LogP contribution in [0.5, 0.6) is 5.75 Å². The molecule has 0 spiro atoms. The quantitative estimate of drug-likeness (QED) is 0.467. The Bertz CT molecular complexity index is 348. The molecule has 0 bridgehead atoms. The fourth-order valence-corrected chi connectivity index (χ4v) is 1.13. The van der Waals surface area contributed by atoms with Crippen LogP contribution in [0.2, 0.25) is 0 Å². The average Bonchev–Trinajstić information content (AvgIpc) is 2.27. The third-order valence-corrected chi connectivity index (χ3v) is 1.84. The second-order valence-electron chi connectivity index (χ2n) is 2.68. The highest BCUT2D eigenvalue weighted by atomic mass is 32.1. The van der Waals surface area contributed by atoms with Crippen LogP contribution in [0.3, 0.4) is 0 Å². The molecule has 5 heteroatoms. The number of hydrogen-bond acceptors (Lipinski definition) is 3. The van der Waals surface area contributed by atoms with E-state index >= 15 is 0 Å². The summed E-state index contributed by atoms with van der Waals surface area (Å²) in [6, 6.07) is 7.47. The van der Waals surface area contributed by atoms with Gasteiger partial charge in [-0.3, -0.25) is 5.43 Å². The lowest BCUT2D eigenvalue weighted by Crippen LogP contribution is -2.23. The van der Waals surface area contributed by atoms with E-state index in [1.165, 1.54) is 0 Å². The van der Waals surface area contributed by atoms with E-state index < -0.39 is 0 Å². The van der Waals surface area contributed by atoms with Crippen molar-refractivity contribution in [3.8, 4) is 5.75 Å². The molecule has 1 rings (SSSR count). The number of rotatable bonds is 3. The molecule has 0 aromatic heterocycles. The summed E-state index contributed by atoms with van der Waals surface area (Å²) in [7, 11) is 1.63. The molecule has 0 atom stereocenters. The van der Waals surface area contributed by atoms with E-state index in [0.29, 0.717) is 5.11 Å². The van der Waals surface area contributed by atoms with Crippen LogP contribution in [0.4, 0.5) is 5.69 Å². The van der Waals surface area contributed by atoms with E-state index in [1.54, 1.807) is 13.3 Å². The number of nitrogens with zero attached hydrogens (tertiary/aromatic N) is 1. The molecule has 0 aliphatic carbocycles. The first-order valence-electron chi connectivity index (χ1n) is 4.45. The first-order valence-corrected chi connectivity index (χ1v) is 4.86. The number of ether oxygens (including phenoxy) is 1. The molecular weight excluding hydrogens is 210 g/mol. The minimum absolute atomic E-state index is 0.457. The molecule has 0 aliphatic heterocycles.